The van der Waals surface area contributed by atoms with E-state index in [-0.39, 0.29) is 11.3 Å². The molecule has 0 aliphatic carbocycles. The van der Waals surface area contributed by atoms with Gasteiger partial charge in [0.15, 0.2) is 11.4 Å². The van der Waals surface area contributed by atoms with Crippen molar-refractivity contribution in [2.45, 2.75) is 0 Å². The summed E-state index contributed by atoms with van der Waals surface area (Å²) in [5, 5.41) is 9.32. The quantitative estimate of drug-likeness (QED) is 0.766. The van der Waals surface area contributed by atoms with Gasteiger partial charge in [0.05, 0.1) is 5.56 Å². The zero-order valence-electron chi connectivity index (χ0n) is 10.1. The standard InChI is InChI=1S/C15H8F2O3/c16-11-3-1-2-9-7-13(20-14(9)11)8-4-5-10(15(18)19)12(17)6-8/h1-7H,(H,18,19). The number of hydrogen-bond acceptors (Lipinski definition) is 2. The predicted octanol–water partition coefficient (Wildman–Crippen LogP) is 4.08. The van der Waals surface area contributed by atoms with Crippen molar-refractivity contribution in [3.8, 4) is 11.3 Å². The lowest BCUT2D eigenvalue weighted by atomic mass is 10.1. The number of para-hydroxylation sites is 1. The number of rotatable bonds is 2. The van der Waals surface area contributed by atoms with Crippen LogP contribution in [0.4, 0.5) is 8.78 Å². The van der Waals surface area contributed by atoms with E-state index < -0.39 is 23.2 Å². The minimum atomic E-state index is -1.34. The Morgan fingerprint density at radius 1 is 1.05 bits per heavy atom. The van der Waals surface area contributed by atoms with Crippen LogP contribution in [0.5, 0.6) is 0 Å². The summed E-state index contributed by atoms with van der Waals surface area (Å²) in [6.07, 6.45) is 0. The first-order valence-corrected chi connectivity index (χ1v) is 5.77. The van der Waals surface area contributed by atoms with E-state index in [1.807, 2.05) is 0 Å². The van der Waals surface area contributed by atoms with Crippen LogP contribution in [-0.4, -0.2) is 11.1 Å². The summed E-state index contributed by atoms with van der Waals surface area (Å²) in [5.41, 5.74) is 0.0179. The van der Waals surface area contributed by atoms with Crippen molar-refractivity contribution in [1.82, 2.24) is 0 Å². The highest BCUT2D eigenvalue weighted by atomic mass is 19.1. The second-order valence-electron chi connectivity index (χ2n) is 4.27. The molecule has 0 spiro atoms. The van der Waals surface area contributed by atoms with Gasteiger partial charge in [0.1, 0.15) is 11.6 Å². The lowest BCUT2D eigenvalue weighted by molar-refractivity contribution is 0.0692. The molecular weight excluding hydrogens is 266 g/mol. The van der Waals surface area contributed by atoms with Crippen LogP contribution >= 0.6 is 0 Å². The third-order valence-corrected chi connectivity index (χ3v) is 2.98. The van der Waals surface area contributed by atoms with E-state index in [4.69, 9.17) is 9.52 Å². The van der Waals surface area contributed by atoms with Crippen LogP contribution in [0.1, 0.15) is 10.4 Å². The predicted molar refractivity (Wildman–Crippen MR) is 68.5 cm³/mol. The average molecular weight is 274 g/mol. The van der Waals surface area contributed by atoms with E-state index in [0.29, 0.717) is 10.9 Å². The van der Waals surface area contributed by atoms with Crippen LogP contribution in [0.2, 0.25) is 0 Å². The van der Waals surface area contributed by atoms with E-state index in [1.165, 1.54) is 12.1 Å². The summed E-state index contributed by atoms with van der Waals surface area (Å²) in [6.45, 7) is 0. The fourth-order valence-electron chi connectivity index (χ4n) is 2.01. The molecule has 0 fully saturated rings. The van der Waals surface area contributed by atoms with Gasteiger partial charge in [0.25, 0.3) is 0 Å². The first-order valence-electron chi connectivity index (χ1n) is 5.77. The van der Waals surface area contributed by atoms with Gasteiger partial charge in [0, 0.05) is 10.9 Å². The smallest absolute Gasteiger partial charge is 0.338 e. The maximum atomic E-state index is 13.6. The molecule has 1 aromatic heterocycles. The van der Waals surface area contributed by atoms with Gasteiger partial charge in [-0.15, -0.1) is 0 Å². The number of halogens is 2. The van der Waals surface area contributed by atoms with E-state index in [9.17, 15) is 13.6 Å². The van der Waals surface area contributed by atoms with Crippen molar-refractivity contribution in [3.63, 3.8) is 0 Å². The molecular formula is C15H8F2O3. The van der Waals surface area contributed by atoms with Gasteiger partial charge >= 0.3 is 5.97 Å². The molecule has 20 heavy (non-hydrogen) atoms. The Hall–Kier alpha value is -2.69. The van der Waals surface area contributed by atoms with Crippen LogP contribution in [0.3, 0.4) is 0 Å². The summed E-state index contributed by atoms with van der Waals surface area (Å²) in [7, 11) is 0. The van der Waals surface area contributed by atoms with Gasteiger partial charge < -0.3 is 9.52 Å². The zero-order chi connectivity index (χ0) is 14.3. The number of furan rings is 1. The Kier molecular flexibility index (Phi) is 2.75. The number of carboxylic acid groups (broad SMARTS) is 1. The lowest BCUT2D eigenvalue weighted by Crippen LogP contribution is -1.99. The molecule has 1 N–H and O–H groups in total. The Balaban J connectivity index is 2.13. The molecule has 100 valence electrons. The third kappa shape index (κ3) is 1.93. The number of carboxylic acids is 1. The number of fused-ring (bicyclic) bond motifs is 1. The summed E-state index contributed by atoms with van der Waals surface area (Å²) < 4.78 is 32.5. The van der Waals surface area contributed by atoms with E-state index in [2.05, 4.69) is 0 Å². The van der Waals surface area contributed by atoms with E-state index >= 15 is 0 Å². The molecule has 2 aromatic carbocycles. The van der Waals surface area contributed by atoms with Crippen molar-refractivity contribution >= 4 is 16.9 Å². The summed E-state index contributed by atoms with van der Waals surface area (Å²) in [6, 6.07) is 9.69. The van der Waals surface area contributed by atoms with Crippen molar-refractivity contribution in [2.24, 2.45) is 0 Å². The summed E-state index contributed by atoms with van der Waals surface area (Å²) >= 11 is 0. The molecule has 0 aliphatic rings. The monoisotopic (exact) mass is 274 g/mol. The Bertz CT molecular complexity index is 821. The summed E-state index contributed by atoms with van der Waals surface area (Å²) in [4.78, 5) is 10.7. The molecule has 1 heterocycles. The molecule has 0 saturated heterocycles. The van der Waals surface area contributed by atoms with Gasteiger partial charge in [0.2, 0.25) is 0 Å². The van der Waals surface area contributed by atoms with E-state index in [0.717, 1.165) is 12.1 Å². The SMILES string of the molecule is O=C(O)c1ccc(-c2cc3cccc(F)c3o2)cc1F. The zero-order valence-corrected chi connectivity index (χ0v) is 10.1. The van der Waals surface area contributed by atoms with Gasteiger partial charge in [-0.05, 0) is 24.3 Å². The van der Waals surface area contributed by atoms with Gasteiger partial charge in [-0.1, -0.05) is 18.2 Å². The van der Waals surface area contributed by atoms with Crippen LogP contribution in [0.15, 0.2) is 46.9 Å². The number of benzene rings is 2. The Labute approximate surface area is 112 Å². The number of carbonyl (C=O) groups is 1. The molecule has 3 rings (SSSR count). The number of aromatic carboxylic acids is 1. The highest BCUT2D eigenvalue weighted by molar-refractivity contribution is 5.89. The Morgan fingerprint density at radius 2 is 1.85 bits per heavy atom. The van der Waals surface area contributed by atoms with Crippen molar-refractivity contribution in [3.05, 3.63) is 59.7 Å². The minimum absolute atomic E-state index is 0.0882. The van der Waals surface area contributed by atoms with Gasteiger partial charge in [-0.3, -0.25) is 0 Å². The largest absolute Gasteiger partial charge is 0.478 e. The fourth-order valence-corrected chi connectivity index (χ4v) is 2.01. The van der Waals surface area contributed by atoms with Crippen molar-refractivity contribution in [2.75, 3.05) is 0 Å². The normalized spacial score (nSPS) is 10.9. The molecule has 0 bridgehead atoms. The second kappa shape index (κ2) is 4.45. The lowest BCUT2D eigenvalue weighted by Gasteiger charge is -2.00. The molecule has 0 radical (unpaired) electrons. The topological polar surface area (TPSA) is 50.4 Å². The molecule has 0 atom stereocenters. The maximum absolute atomic E-state index is 13.6. The van der Waals surface area contributed by atoms with Crippen LogP contribution in [0, 0.1) is 11.6 Å². The van der Waals surface area contributed by atoms with Gasteiger partial charge in [-0.2, -0.15) is 0 Å². The molecule has 0 amide bonds. The highest BCUT2D eigenvalue weighted by Gasteiger charge is 2.14. The first kappa shape index (κ1) is 12.3. The summed E-state index contributed by atoms with van der Waals surface area (Å²) in [5.74, 6) is -2.43. The fraction of sp³-hybridized carbons (Fsp3) is 0. The Morgan fingerprint density at radius 3 is 2.50 bits per heavy atom. The molecule has 0 unspecified atom stereocenters. The van der Waals surface area contributed by atoms with Crippen molar-refractivity contribution in [1.29, 1.82) is 0 Å². The van der Waals surface area contributed by atoms with Crippen LogP contribution in [-0.2, 0) is 0 Å². The molecule has 0 aliphatic heterocycles. The van der Waals surface area contributed by atoms with Crippen LogP contribution < -0.4 is 0 Å². The van der Waals surface area contributed by atoms with Gasteiger partial charge in [-0.25, -0.2) is 13.6 Å². The highest BCUT2D eigenvalue weighted by Crippen LogP contribution is 2.30. The average Bonchev–Trinajstić information content (AvgIpc) is 2.83. The second-order valence-corrected chi connectivity index (χ2v) is 4.27. The minimum Gasteiger partial charge on any atom is -0.478 e. The first-order chi connectivity index (χ1) is 9.56. The molecule has 3 aromatic rings. The molecule has 0 saturated carbocycles. The maximum Gasteiger partial charge on any atom is 0.338 e. The van der Waals surface area contributed by atoms with E-state index in [1.54, 1.807) is 18.2 Å². The molecule has 5 heteroatoms. The van der Waals surface area contributed by atoms with Crippen LogP contribution in [0.25, 0.3) is 22.3 Å². The molecule has 3 nitrogen and oxygen atoms in total. The number of hydrogen-bond donors (Lipinski definition) is 1. The van der Waals surface area contributed by atoms with Crippen molar-refractivity contribution < 1.29 is 23.1 Å². The third-order valence-electron chi connectivity index (χ3n) is 2.98.